The van der Waals surface area contributed by atoms with Crippen molar-refractivity contribution in [3.8, 4) is 6.07 Å². The number of hydrogen-bond donors (Lipinski definition) is 1. The second-order valence-corrected chi connectivity index (χ2v) is 5.69. The second-order valence-electron chi connectivity index (χ2n) is 4.69. The fourth-order valence-corrected chi connectivity index (χ4v) is 2.96. The molecule has 0 unspecified atom stereocenters. The van der Waals surface area contributed by atoms with Crippen LogP contribution in [-0.4, -0.2) is 19.4 Å². The van der Waals surface area contributed by atoms with Gasteiger partial charge in [0.15, 0.2) is 5.78 Å². The van der Waals surface area contributed by atoms with Gasteiger partial charge in [-0.15, -0.1) is 11.3 Å². The Morgan fingerprint density at radius 1 is 1.56 bits per heavy atom. The lowest BCUT2D eigenvalue weighted by molar-refractivity contribution is 0.0993. The van der Waals surface area contributed by atoms with Gasteiger partial charge in [-0.05, 0) is 5.92 Å². The van der Waals surface area contributed by atoms with E-state index in [0.717, 1.165) is 11.5 Å². The molecule has 0 saturated heterocycles. The van der Waals surface area contributed by atoms with Gasteiger partial charge in [0.25, 0.3) is 0 Å². The highest BCUT2D eigenvalue weighted by molar-refractivity contribution is 7.19. The number of anilines is 2. The Balaban J connectivity index is 3.21. The van der Waals surface area contributed by atoms with E-state index in [2.05, 4.69) is 19.9 Å². The summed E-state index contributed by atoms with van der Waals surface area (Å²) in [4.78, 5) is 14.3. The number of carbonyl (C=O) groups is 1. The van der Waals surface area contributed by atoms with Gasteiger partial charge in [-0.1, -0.05) is 20.8 Å². The quantitative estimate of drug-likeness (QED) is 0.831. The first kappa shape index (κ1) is 14.5. The number of nitriles is 1. The summed E-state index contributed by atoms with van der Waals surface area (Å²) in [7, 11) is 1.92. The average molecular weight is 265 g/mol. The van der Waals surface area contributed by atoms with Crippen molar-refractivity contribution < 1.29 is 4.79 Å². The minimum Gasteiger partial charge on any atom is -0.396 e. The number of rotatable bonds is 5. The van der Waals surface area contributed by atoms with Crippen molar-refractivity contribution in [1.82, 2.24) is 0 Å². The molecule has 0 spiro atoms. The molecule has 5 heteroatoms. The third-order valence-corrected chi connectivity index (χ3v) is 3.96. The highest BCUT2D eigenvalue weighted by Crippen LogP contribution is 2.38. The lowest BCUT2D eigenvalue weighted by Gasteiger charge is -2.19. The van der Waals surface area contributed by atoms with Crippen LogP contribution < -0.4 is 10.6 Å². The molecular weight excluding hydrogens is 246 g/mol. The number of carbonyl (C=O) groups excluding carboxylic acids is 1. The SMILES string of the molecule is CCC(=O)c1sc(N(C)CC(C)C)c(C#N)c1N. The van der Waals surface area contributed by atoms with Gasteiger partial charge in [0.05, 0.1) is 10.6 Å². The minimum absolute atomic E-state index is 0.00167. The van der Waals surface area contributed by atoms with Crippen molar-refractivity contribution in [2.45, 2.75) is 27.2 Å². The van der Waals surface area contributed by atoms with E-state index in [1.54, 1.807) is 6.92 Å². The van der Waals surface area contributed by atoms with Gasteiger partial charge in [0.2, 0.25) is 0 Å². The molecule has 1 aromatic heterocycles. The summed E-state index contributed by atoms with van der Waals surface area (Å²) in [5.74, 6) is 0.480. The van der Waals surface area contributed by atoms with Crippen molar-refractivity contribution in [2.24, 2.45) is 5.92 Å². The molecule has 0 atom stereocenters. The van der Waals surface area contributed by atoms with Gasteiger partial charge in [-0.25, -0.2) is 0 Å². The molecule has 0 aliphatic rings. The molecule has 2 N–H and O–H groups in total. The van der Waals surface area contributed by atoms with Gasteiger partial charge in [-0.3, -0.25) is 4.79 Å². The lowest BCUT2D eigenvalue weighted by Crippen LogP contribution is -2.22. The summed E-state index contributed by atoms with van der Waals surface area (Å²) >= 11 is 1.32. The monoisotopic (exact) mass is 265 g/mol. The first-order valence-electron chi connectivity index (χ1n) is 5.99. The van der Waals surface area contributed by atoms with Gasteiger partial charge in [0.1, 0.15) is 16.6 Å². The van der Waals surface area contributed by atoms with Crippen LogP contribution in [0.25, 0.3) is 0 Å². The molecule has 0 amide bonds. The summed E-state index contributed by atoms with van der Waals surface area (Å²) in [6, 6.07) is 2.11. The molecule has 1 heterocycles. The molecule has 1 rings (SSSR count). The summed E-state index contributed by atoms with van der Waals surface area (Å²) < 4.78 is 0. The predicted molar refractivity (Wildman–Crippen MR) is 76.2 cm³/mol. The van der Waals surface area contributed by atoms with E-state index in [0.29, 0.717) is 28.5 Å². The normalized spacial score (nSPS) is 10.4. The Labute approximate surface area is 112 Å². The minimum atomic E-state index is -0.00167. The summed E-state index contributed by atoms with van der Waals surface area (Å²) in [5.41, 5.74) is 6.66. The summed E-state index contributed by atoms with van der Waals surface area (Å²) in [5, 5.41) is 9.98. The van der Waals surface area contributed by atoms with Gasteiger partial charge in [-0.2, -0.15) is 5.26 Å². The molecular formula is C13H19N3OS. The average Bonchev–Trinajstić information content (AvgIpc) is 2.64. The molecule has 98 valence electrons. The fraction of sp³-hybridized carbons (Fsp3) is 0.538. The molecule has 0 bridgehead atoms. The van der Waals surface area contributed by atoms with Crippen LogP contribution in [0.2, 0.25) is 0 Å². The summed E-state index contributed by atoms with van der Waals surface area (Å²) in [6.07, 6.45) is 0.406. The van der Waals surface area contributed by atoms with Crippen molar-refractivity contribution in [1.29, 1.82) is 5.26 Å². The molecule has 4 nitrogen and oxygen atoms in total. The Hall–Kier alpha value is -1.54. The Bertz CT molecular complexity index is 485. The molecule has 0 fully saturated rings. The van der Waals surface area contributed by atoms with E-state index in [-0.39, 0.29) is 5.78 Å². The maximum atomic E-state index is 11.8. The zero-order valence-electron chi connectivity index (χ0n) is 11.3. The number of nitrogen functional groups attached to an aromatic ring is 1. The number of nitrogens with two attached hydrogens (primary N) is 1. The second kappa shape index (κ2) is 5.87. The van der Waals surface area contributed by atoms with E-state index in [4.69, 9.17) is 5.73 Å². The Morgan fingerprint density at radius 3 is 2.61 bits per heavy atom. The standard InChI is InChI=1S/C13H19N3OS/c1-5-10(17)12-11(15)9(6-14)13(18-12)16(4)7-8(2)3/h8H,5,7,15H2,1-4H3. The van der Waals surface area contributed by atoms with Gasteiger partial charge in [0, 0.05) is 20.0 Å². The first-order chi connectivity index (χ1) is 8.42. The number of thiophene rings is 1. The van der Waals surface area contributed by atoms with Crippen LogP contribution in [0, 0.1) is 17.2 Å². The van der Waals surface area contributed by atoms with Crippen LogP contribution in [-0.2, 0) is 0 Å². The van der Waals surface area contributed by atoms with E-state index >= 15 is 0 Å². The predicted octanol–water partition coefficient (Wildman–Crippen LogP) is 2.89. The smallest absolute Gasteiger partial charge is 0.174 e. The Morgan fingerprint density at radius 2 is 2.17 bits per heavy atom. The van der Waals surface area contributed by atoms with Crippen molar-refractivity contribution in [3.63, 3.8) is 0 Å². The van der Waals surface area contributed by atoms with Gasteiger partial charge < -0.3 is 10.6 Å². The van der Waals surface area contributed by atoms with Crippen molar-refractivity contribution in [2.75, 3.05) is 24.2 Å². The zero-order chi connectivity index (χ0) is 13.9. The maximum absolute atomic E-state index is 11.8. The molecule has 0 saturated carbocycles. The Kier molecular flexibility index (Phi) is 4.74. The molecule has 0 radical (unpaired) electrons. The number of nitrogens with zero attached hydrogens (tertiary/aromatic N) is 2. The van der Waals surface area contributed by atoms with Crippen molar-refractivity contribution >= 4 is 27.8 Å². The maximum Gasteiger partial charge on any atom is 0.174 e. The third-order valence-electron chi connectivity index (χ3n) is 2.60. The van der Waals surface area contributed by atoms with E-state index in [1.807, 2.05) is 11.9 Å². The molecule has 0 aliphatic carbocycles. The molecule has 0 aromatic carbocycles. The molecule has 1 aromatic rings. The third kappa shape index (κ3) is 2.82. The van der Waals surface area contributed by atoms with Gasteiger partial charge >= 0.3 is 0 Å². The first-order valence-corrected chi connectivity index (χ1v) is 6.80. The van der Waals surface area contributed by atoms with Crippen LogP contribution in [0.15, 0.2) is 0 Å². The number of ketones is 1. The molecule has 18 heavy (non-hydrogen) atoms. The van der Waals surface area contributed by atoms with E-state index < -0.39 is 0 Å². The highest BCUT2D eigenvalue weighted by Gasteiger charge is 2.22. The highest BCUT2D eigenvalue weighted by atomic mass is 32.1. The zero-order valence-corrected chi connectivity index (χ0v) is 12.1. The van der Waals surface area contributed by atoms with Crippen LogP contribution in [0.3, 0.4) is 0 Å². The fourth-order valence-electron chi connectivity index (χ4n) is 1.81. The van der Waals surface area contributed by atoms with Crippen molar-refractivity contribution in [3.05, 3.63) is 10.4 Å². The topological polar surface area (TPSA) is 70.1 Å². The van der Waals surface area contributed by atoms with Crippen LogP contribution in [0.4, 0.5) is 10.7 Å². The number of Topliss-reactive ketones (excluding diaryl/α,β-unsaturated/α-hetero) is 1. The number of hydrogen-bond acceptors (Lipinski definition) is 5. The van der Waals surface area contributed by atoms with Crippen LogP contribution in [0.5, 0.6) is 0 Å². The lowest BCUT2D eigenvalue weighted by atomic mass is 10.1. The molecule has 0 aliphatic heterocycles. The van der Waals surface area contributed by atoms with E-state index in [1.165, 1.54) is 11.3 Å². The van der Waals surface area contributed by atoms with Crippen LogP contribution in [0.1, 0.15) is 42.4 Å². The summed E-state index contributed by atoms with van der Waals surface area (Å²) in [6.45, 7) is 6.84. The largest absolute Gasteiger partial charge is 0.396 e. The van der Waals surface area contributed by atoms with E-state index in [9.17, 15) is 10.1 Å². The van der Waals surface area contributed by atoms with Crippen LogP contribution >= 0.6 is 11.3 Å².